The SMILES string of the molecule is OC[C@@H](COC(c1ccccc1)(c1ccccc1)c1ccccc1)OCc1ccccc1. The summed E-state index contributed by atoms with van der Waals surface area (Å²) in [5, 5.41) is 10.0. The van der Waals surface area contributed by atoms with Crippen LogP contribution in [-0.4, -0.2) is 24.4 Å². The second kappa shape index (κ2) is 10.9. The minimum atomic E-state index is -0.826. The number of ether oxygens (including phenoxy) is 2. The first kappa shape index (κ1) is 22.0. The van der Waals surface area contributed by atoms with Gasteiger partial charge in [-0.15, -0.1) is 0 Å². The summed E-state index contributed by atoms with van der Waals surface area (Å²) in [6.45, 7) is 0.535. The molecule has 32 heavy (non-hydrogen) atoms. The molecule has 1 atom stereocenters. The average Bonchev–Trinajstić information content (AvgIpc) is 2.89. The number of aliphatic hydroxyl groups excluding tert-OH is 1. The van der Waals surface area contributed by atoms with Gasteiger partial charge in [0, 0.05) is 0 Å². The van der Waals surface area contributed by atoms with Gasteiger partial charge in [-0.2, -0.15) is 0 Å². The Hall–Kier alpha value is -3.24. The Morgan fingerprint density at radius 3 is 1.41 bits per heavy atom. The maximum absolute atomic E-state index is 10.0. The Morgan fingerprint density at radius 2 is 1.00 bits per heavy atom. The molecule has 3 nitrogen and oxygen atoms in total. The van der Waals surface area contributed by atoms with Gasteiger partial charge < -0.3 is 14.6 Å². The van der Waals surface area contributed by atoms with E-state index < -0.39 is 11.7 Å². The average molecular weight is 425 g/mol. The molecule has 0 amide bonds. The summed E-state index contributed by atoms with van der Waals surface area (Å²) < 4.78 is 12.7. The van der Waals surface area contributed by atoms with Crippen LogP contribution in [-0.2, 0) is 21.7 Å². The molecule has 0 fully saturated rings. The van der Waals surface area contributed by atoms with Crippen molar-refractivity contribution >= 4 is 0 Å². The van der Waals surface area contributed by atoms with Crippen LogP contribution < -0.4 is 0 Å². The zero-order valence-corrected chi connectivity index (χ0v) is 18.0. The predicted octanol–water partition coefficient (Wildman–Crippen LogP) is 5.57. The highest BCUT2D eigenvalue weighted by molar-refractivity contribution is 5.47. The zero-order chi connectivity index (χ0) is 22.1. The van der Waals surface area contributed by atoms with Crippen molar-refractivity contribution in [2.75, 3.05) is 13.2 Å². The van der Waals surface area contributed by atoms with Gasteiger partial charge in [0.2, 0.25) is 0 Å². The molecule has 4 aromatic rings. The third-order valence-corrected chi connectivity index (χ3v) is 5.56. The summed E-state index contributed by atoms with van der Waals surface area (Å²) >= 11 is 0. The predicted molar refractivity (Wildman–Crippen MR) is 127 cm³/mol. The van der Waals surface area contributed by atoms with Crippen molar-refractivity contribution in [3.63, 3.8) is 0 Å². The van der Waals surface area contributed by atoms with Gasteiger partial charge in [-0.25, -0.2) is 0 Å². The molecule has 0 unspecified atom stereocenters. The van der Waals surface area contributed by atoms with Crippen LogP contribution in [0.25, 0.3) is 0 Å². The third-order valence-electron chi connectivity index (χ3n) is 5.56. The van der Waals surface area contributed by atoms with E-state index in [0.29, 0.717) is 6.61 Å². The molecule has 0 aliphatic rings. The largest absolute Gasteiger partial charge is 0.394 e. The first-order chi connectivity index (χ1) is 15.8. The summed E-state index contributed by atoms with van der Waals surface area (Å²) in [6, 6.07) is 40.6. The van der Waals surface area contributed by atoms with Crippen LogP contribution >= 0.6 is 0 Å². The van der Waals surface area contributed by atoms with E-state index in [1.165, 1.54) is 0 Å². The molecule has 0 spiro atoms. The van der Waals surface area contributed by atoms with Gasteiger partial charge in [0.1, 0.15) is 11.7 Å². The van der Waals surface area contributed by atoms with Crippen molar-refractivity contribution in [2.24, 2.45) is 0 Å². The highest BCUT2D eigenvalue weighted by Gasteiger charge is 2.38. The molecule has 0 saturated heterocycles. The highest BCUT2D eigenvalue weighted by atomic mass is 16.5. The molecule has 4 rings (SSSR count). The second-order valence-electron chi connectivity index (χ2n) is 7.69. The number of hydrogen-bond donors (Lipinski definition) is 1. The molecular formula is C29H28O3. The number of hydrogen-bond acceptors (Lipinski definition) is 3. The maximum atomic E-state index is 10.0. The Labute approximate surface area is 189 Å². The minimum Gasteiger partial charge on any atom is -0.394 e. The lowest BCUT2D eigenvalue weighted by atomic mass is 9.80. The van der Waals surface area contributed by atoms with Crippen LogP contribution in [0.3, 0.4) is 0 Å². The Morgan fingerprint density at radius 1 is 0.594 bits per heavy atom. The van der Waals surface area contributed by atoms with Gasteiger partial charge in [-0.05, 0) is 22.3 Å². The smallest absolute Gasteiger partial charge is 0.143 e. The van der Waals surface area contributed by atoms with E-state index in [1.807, 2.05) is 84.9 Å². The molecule has 0 saturated carbocycles. The van der Waals surface area contributed by atoms with Gasteiger partial charge >= 0.3 is 0 Å². The highest BCUT2D eigenvalue weighted by Crippen LogP contribution is 2.40. The van der Waals surface area contributed by atoms with Crippen LogP contribution in [0.1, 0.15) is 22.3 Å². The maximum Gasteiger partial charge on any atom is 0.143 e. The van der Waals surface area contributed by atoms with Gasteiger partial charge in [-0.3, -0.25) is 0 Å². The zero-order valence-electron chi connectivity index (χ0n) is 18.0. The number of aliphatic hydroxyl groups is 1. The molecule has 3 heteroatoms. The van der Waals surface area contributed by atoms with Crippen molar-refractivity contribution in [3.05, 3.63) is 144 Å². The lowest BCUT2D eigenvalue weighted by Gasteiger charge is -2.37. The quantitative estimate of drug-likeness (QED) is 0.338. The van der Waals surface area contributed by atoms with Crippen molar-refractivity contribution < 1.29 is 14.6 Å². The molecule has 0 bridgehead atoms. The Bertz CT molecular complexity index is 954. The minimum absolute atomic E-state index is 0.124. The normalized spacial score (nSPS) is 12.4. The van der Waals surface area contributed by atoms with Gasteiger partial charge in [0.15, 0.2) is 0 Å². The van der Waals surface area contributed by atoms with Crippen LogP contribution in [0.4, 0.5) is 0 Å². The fourth-order valence-electron chi connectivity index (χ4n) is 3.93. The van der Waals surface area contributed by atoms with Gasteiger partial charge in [0.05, 0.1) is 19.8 Å². The molecule has 0 aromatic heterocycles. The summed E-state index contributed by atoms with van der Waals surface area (Å²) in [5.74, 6) is 0. The fraction of sp³-hybridized carbons (Fsp3) is 0.172. The second-order valence-corrected chi connectivity index (χ2v) is 7.69. The fourth-order valence-corrected chi connectivity index (χ4v) is 3.93. The summed E-state index contributed by atoms with van der Waals surface area (Å²) in [6.07, 6.45) is -0.453. The lowest BCUT2D eigenvalue weighted by Crippen LogP contribution is -2.37. The van der Waals surface area contributed by atoms with Crippen LogP contribution in [0, 0.1) is 0 Å². The van der Waals surface area contributed by atoms with E-state index >= 15 is 0 Å². The summed E-state index contributed by atoms with van der Waals surface area (Å²) in [5.41, 5.74) is 3.31. The first-order valence-corrected chi connectivity index (χ1v) is 10.9. The van der Waals surface area contributed by atoms with Crippen molar-refractivity contribution in [2.45, 2.75) is 18.3 Å². The molecule has 0 heterocycles. The number of benzene rings is 4. The molecule has 0 aliphatic carbocycles. The molecule has 0 aliphatic heterocycles. The standard InChI is InChI=1S/C29H28O3/c30-21-28(31-22-24-13-5-1-6-14-24)23-32-29(25-15-7-2-8-16-25,26-17-9-3-10-18-26)27-19-11-4-12-20-27/h1-20,28,30H,21-23H2/t28-/m0/s1. The van der Waals surface area contributed by atoms with Crippen LogP contribution in [0.15, 0.2) is 121 Å². The molecule has 4 aromatic carbocycles. The van der Waals surface area contributed by atoms with E-state index in [-0.39, 0.29) is 13.2 Å². The van der Waals surface area contributed by atoms with Crippen molar-refractivity contribution in [1.29, 1.82) is 0 Å². The molecule has 1 N–H and O–H groups in total. The topological polar surface area (TPSA) is 38.7 Å². The Kier molecular flexibility index (Phi) is 7.47. The van der Waals surface area contributed by atoms with Crippen LogP contribution in [0.5, 0.6) is 0 Å². The summed E-state index contributed by atoms with van der Waals surface area (Å²) in [7, 11) is 0. The first-order valence-electron chi connectivity index (χ1n) is 10.9. The van der Waals surface area contributed by atoms with Gasteiger partial charge in [0.25, 0.3) is 0 Å². The van der Waals surface area contributed by atoms with Crippen molar-refractivity contribution in [1.82, 2.24) is 0 Å². The van der Waals surface area contributed by atoms with E-state index in [1.54, 1.807) is 0 Å². The van der Waals surface area contributed by atoms with E-state index in [0.717, 1.165) is 22.3 Å². The molecule has 0 radical (unpaired) electrons. The molecular weight excluding hydrogens is 396 g/mol. The van der Waals surface area contributed by atoms with E-state index in [4.69, 9.17) is 9.47 Å². The Balaban J connectivity index is 1.67. The van der Waals surface area contributed by atoms with Crippen molar-refractivity contribution in [3.8, 4) is 0 Å². The molecule has 162 valence electrons. The third kappa shape index (κ3) is 4.97. The van der Waals surface area contributed by atoms with Gasteiger partial charge in [-0.1, -0.05) is 121 Å². The summed E-state index contributed by atoms with van der Waals surface area (Å²) in [4.78, 5) is 0. The van der Waals surface area contributed by atoms with E-state index in [9.17, 15) is 5.11 Å². The van der Waals surface area contributed by atoms with Crippen LogP contribution in [0.2, 0.25) is 0 Å². The lowest BCUT2D eigenvalue weighted by molar-refractivity contribution is -0.0859. The van der Waals surface area contributed by atoms with E-state index in [2.05, 4.69) is 36.4 Å². The monoisotopic (exact) mass is 424 g/mol. The number of rotatable bonds is 10.